The molecule has 2 N–H and O–H groups in total. The second kappa shape index (κ2) is 9.06. The van der Waals surface area contributed by atoms with Crippen molar-refractivity contribution in [3.8, 4) is 0 Å². The summed E-state index contributed by atoms with van der Waals surface area (Å²) >= 11 is 0. The van der Waals surface area contributed by atoms with E-state index >= 15 is 0 Å². The molecule has 0 spiro atoms. The number of amides is 2. The maximum absolute atomic E-state index is 12.8. The summed E-state index contributed by atoms with van der Waals surface area (Å²) in [7, 11) is 1.73. The van der Waals surface area contributed by atoms with Gasteiger partial charge in [-0.1, -0.05) is 36.4 Å². The van der Waals surface area contributed by atoms with Crippen LogP contribution in [-0.2, 0) is 4.79 Å². The van der Waals surface area contributed by atoms with Crippen molar-refractivity contribution < 1.29 is 9.59 Å². The van der Waals surface area contributed by atoms with Crippen molar-refractivity contribution >= 4 is 28.9 Å². The number of aryl methyl sites for hydroxylation is 2. The Balaban J connectivity index is 1.64. The molecule has 5 nitrogen and oxygen atoms in total. The molecule has 0 heterocycles. The largest absolute Gasteiger partial charge is 0.376 e. The zero-order chi connectivity index (χ0) is 20.8. The molecule has 0 saturated heterocycles. The number of benzene rings is 3. The molecule has 29 heavy (non-hydrogen) atoms. The van der Waals surface area contributed by atoms with Gasteiger partial charge in [-0.2, -0.15) is 0 Å². The van der Waals surface area contributed by atoms with Crippen molar-refractivity contribution in [2.24, 2.45) is 0 Å². The van der Waals surface area contributed by atoms with Crippen molar-refractivity contribution in [2.75, 3.05) is 29.1 Å². The van der Waals surface area contributed by atoms with Gasteiger partial charge in [-0.15, -0.1) is 0 Å². The molecule has 2 amide bonds. The fourth-order valence-electron chi connectivity index (χ4n) is 3.00. The van der Waals surface area contributed by atoms with Crippen LogP contribution in [0.15, 0.2) is 72.8 Å². The van der Waals surface area contributed by atoms with E-state index in [0.717, 1.165) is 22.5 Å². The van der Waals surface area contributed by atoms with E-state index in [1.165, 1.54) is 0 Å². The molecule has 5 heteroatoms. The molecule has 3 aromatic carbocycles. The molecular formula is C24H25N3O2. The minimum absolute atomic E-state index is 0.138. The van der Waals surface area contributed by atoms with Crippen LogP contribution in [-0.4, -0.2) is 25.4 Å². The lowest BCUT2D eigenvalue weighted by molar-refractivity contribution is -0.114. The summed E-state index contributed by atoms with van der Waals surface area (Å²) in [5.74, 6) is -0.312. The first-order chi connectivity index (χ1) is 13.9. The third kappa shape index (κ3) is 5.23. The third-order valence-electron chi connectivity index (χ3n) is 4.67. The summed E-state index contributed by atoms with van der Waals surface area (Å²) in [6.07, 6.45) is 0. The van der Waals surface area contributed by atoms with Gasteiger partial charge < -0.3 is 15.5 Å². The van der Waals surface area contributed by atoms with Gasteiger partial charge in [0.05, 0.1) is 6.54 Å². The summed E-state index contributed by atoms with van der Waals surface area (Å²) in [6, 6.07) is 22.5. The van der Waals surface area contributed by atoms with Crippen molar-refractivity contribution in [1.82, 2.24) is 0 Å². The maximum Gasteiger partial charge on any atom is 0.258 e. The van der Waals surface area contributed by atoms with E-state index in [2.05, 4.69) is 10.6 Å². The van der Waals surface area contributed by atoms with Gasteiger partial charge in [-0.05, 0) is 61.4 Å². The summed E-state index contributed by atoms with van der Waals surface area (Å²) in [5.41, 5.74) is 5.06. The zero-order valence-electron chi connectivity index (χ0n) is 16.9. The molecule has 0 bridgehead atoms. The minimum Gasteiger partial charge on any atom is -0.376 e. The summed E-state index contributed by atoms with van der Waals surface area (Å²) in [6.45, 7) is 4.16. The van der Waals surface area contributed by atoms with E-state index in [4.69, 9.17) is 0 Å². The highest BCUT2D eigenvalue weighted by Gasteiger charge is 2.14. The lowest BCUT2D eigenvalue weighted by Crippen LogP contribution is -2.26. The average Bonchev–Trinajstić information content (AvgIpc) is 2.74. The normalized spacial score (nSPS) is 10.3. The van der Waals surface area contributed by atoms with E-state index in [-0.39, 0.29) is 18.4 Å². The van der Waals surface area contributed by atoms with Gasteiger partial charge >= 0.3 is 0 Å². The van der Waals surface area contributed by atoms with Crippen LogP contribution in [0.1, 0.15) is 21.5 Å². The number of para-hydroxylation sites is 1. The number of nitrogens with zero attached hydrogens (tertiary/aromatic N) is 1. The second-order valence-electron chi connectivity index (χ2n) is 7.00. The first-order valence-corrected chi connectivity index (χ1v) is 9.48. The smallest absolute Gasteiger partial charge is 0.258 e. The lowest BCUT2D eigenvalue weighted by atomic mass is 10.1. The molecule has 0 aliphatic carbocycles. The monoisotopic (exact) mass is 387 g/mol. The molecule has 0 aliphatic heterocycles. The van der Waals surface area contributed by atoms with Crippen LogP contribution in [0, 0.1) is 13.8 Å². The highest BCUT2D eigenvalue weighted by molar-refractivity contribution is 6.06. The molecule has 3 aromatic rings. The highest BCUT2D eigenvalue weighted by atomic mass is 16.2. The van der Waals surface area contributed by atoms with Crippen LogP contribution >= 0.6 is 0 Å². The van der Waals surface area contributed by atoms with Crippen LogP contribution in [0.2, 0.25) is 0 Å². The predicted molar refractivity (Wildman–Crippen MR) is 119 cm³/mol. The molecule has 0 atom stereocenters. The predicted octanol–water partition coefficient (Wildman–Crippen LogP) is 4.63. The number of hydrogen-bond acceptors (Lipinski definition) is 3. The van der Waals surface area contributed by atoms with Crippen LogP contribution in [0.5, 0.6) is 0 Å². The third-order valence-corrected chi connectivity index (χ3v) is 4.67. The Morgan fingerprint density at radius 3 is 2.41 bits per heavy atom. The van der Waals surface area contributed by atoms with Gasteiger partial charge in [-0.3, -0.25) is 9.59 Å². The van der Waals surface area contributed by atoms with Crippen molar-refractivity contribution in [3.05, 3.63) is 89.5 Å². The Hall–Kier alpha value is -3.60. The van der Waals surface area contributed by atoms with Gasteiger partial charge in [0.2, 0.25) is 5.91 Å². The molecule has 0 radical (unpaired) electrons. The topological polar surface area (TPSA) is 61.4 Å². The fourth-order valence-corrected chi connectivity index (χ4v) is 3.00. The first kappa shape index (κ1) is 20.1. The fraction of sp³-hybridized carbons (Fsp3) is 0.167. The standard InChI is InChI=1S/C24H25N3O2/c1-17-12-13-18(2)22(14-17)25-16-23(28)26-20-9-7-8-19(15-20)24(29)27(3)21-10-5-4-6-11-21/h4-15,25H,16H2,1-3H3,(H,26,28). The van der Waals surface area contributed by atoms with E-state index < -0.39 is 0 Å². The van der Waals surface area contributed by atoms with E-state index in [9.17, 15) is 9.59 Å². The van der Waals surface area contributed by atoms with E-state index in [1.807, 2.05) is 62.4 Å². The highest BCUT2D eigenvalue weighted by Crippen LogP contribution is 2.18. The van der Waals surface area contributed by atoms with Crippen molar-refractivity contribution in [1.29, 1.82) is 0 Å². The van der Waals surface area contributed by atoms with Crippen molar-refractivity contribution in [3.63, 3.8) is 0 Å². The Bertz CT molecular complexity index is 1020. The number of nitrogens with one attached hydrogen (secondary N) is 2. The summed E-state index contributed by atoms with van der Waals surface area (Å²) in [5, 5.41) is 6.01. The molecule has 0 saturated carbocycles. The Morgan fingerprint density at radius 1 is 0.897 bits per heavy atom. The van der Waals surface area contributed by atoms with Crippen LogP contribution in [0.4, 0.5) is 17.1 Å². The SMILES string of the molecule is Cc1ccc(C)c(NCC(=O)Nc2cccc(C(=O)N(C)c3ccccc3)c2)c1. The molecule has 0 aliphatic rings. The van der Waals surface area contributed by atoms with E-state index in [1.54, 1.807) is 36.2 Å². The van der Waals surface area contributed by atoms with Gasteiger partial charge in [0.1, 0.15) is 0 Å². The number of anilines is 3. The Morgan fingerprint density at radius 2 is 1.66 bits per heavy atom. The first-order valence-electron chi connectivity index (χ1n) is 9.48. The quantitative estimate of drug-likeness (QED) is 0.648. The average molecular weight is 387 g/mol. The molecule has 0 unspecified atom stereocenters. The number of rotatable bonds is 6. The van der Waals surface area contributed by atoms with Gasteiger partial charge in [0.15, 0.2) is 0 Å². The summed E-state index contributed by atoms with van der Waals surface area (Å²) in [4.78, 5) is 26.7. The molecule has 148 valence electrons. The van der Waals surface area contributed by atoms with Crippen LogP contribution in [0.3, 0.4) is 0 Å². The van der Waals surface area contributed by atoms with Crippen LogP contribution in [0.25, 0.3) is 0 Å². The molecular weight excluding hydrogens is 362 g/mol. The number of hydrogen-bond donors (Lipinski definition) is 2. The lowest BCUT2D eigenvalue weighted by Gasteiger charge is -2.18. The number of carbonyl (C=O) groups is 2. The second-order valence-corrected chi connectivity index (χ2v) is 7.00. The zero-order valence-corrected chi connectivity index (χ0v) is 16.9. The number of carbonyl (C=O) groups excluding carboxylic acids is 2. The molecule has 0 fully saturated rings. The maximum atomic E-state index is 12.8. The Labute approximate surface area is 171 Å². The van der Waals surface area contributed by atoms with E-state index in [0.29, 0.717) is 11.3 Å². The molecule has 3 rings (SSSR count). The molecule has 0 aromatic heterocycles. The summed E-state index contributed by atoms with van der Waals surface area (Å²) < 4.78 is 0. The van der Waals surface area contributed by atoms with Gasteiger partial charge in [0.25, 0.3) is 5.91 Å². The minimum atomic E-state index is -0.174. The van der Waals surface area contributed by atoms with Gasteiger partial charge in [-0.25, -0.2) is 0 Å². The van der Waals surface area contributed by atoms with Crippen molar-refractivity contribution in [2.45, 2.75) is 13.8 Å². The van der Waals surface area contributed by atoms with Gasteiger partial charge in [0, 0.05) is 29.7 Å². The van der Waals surface area contributed by atoms with Crippen LogP contribution < -0.4 is 15.5 Å². The Kier molecular flexibility index (Phi) is 6.29.